The summed E-state index contributed by atoms with van der Waals surface area (Å²) in [5.74, 6) is 2.70. The summed E-state index contributed by atoms with van der Waals surface area (Å²) in [6.45, 7) is 12.2. The van der Waals surface area contributed by atoms with Gasteiger partial charge < -0.3 is 10.2 Å². The molecule has 0 aromatic carbocycles. The SMILES string of the molecule is CCNC(CN1CC(C)CC(C)C1)C1CCCCC1. The predicted molar refractivity (Wildman–Crippen MR) is 83.4 cm³/mol. The van der Waals surface area contributed by atoms with E-state index in [0.717, 1.165) is 30.3 Å². The Balaban J connectivity index is 1.87. The molecule has 1 aliphatic carbocycles. The highest BCUT2D eigenvalue weighted by Gasteiger charge is 2.28. The summed E-state index contributed by atoms with van der Waals surface area (Å²) in [5, 5.41) is 3.79. The van der Waals surface area contributed by atoms with E-state index in [9.17, 15) is 0 Å². The molecule has 2 fully saturated rings. The van der Waals surface area contributed by atoms with Gasteiger partial charge in [0.1, 0.15) is 0 Å². The van der Waals surface area contributed by atoms with E-state index < -0.39 is 0 Å². The van der Waals surface area contributed by atoms with Gasteiger partial charge in [-0.05, 0) is 43.6 Å². The van der Waals surface area contributed by atoms with E-state index in [1.165, 1.54) is 58.2 Å². The van der Waals surface area contributed by atoms with Gasteiger partial charge in [0.25, 0.3) is 0 Å². The Labute approximate surface area is 120 Å². The molecule has 3 unspecified atom stereocenters. The summed E-state index contributed by atoms with van der Waals surface area (Å²) >= 11 is 0. The number of likely N-dealkylation sites (N-methyl/N-ethyl adjacent to an activating group) is 1. The van der Waals surface area contributed by atoms with Crippen LogP contribution in [0.4, 0.5) is 0 Å². The van der Waals surface area contributed by atoms with Crippen LogP contribution in [-0.4, -0.2) is 37.1 Å². The van der Waals surface area contributed by atoms with Gasteiger partial charge >= 0.3 is 0 Å². The number of piperidine rings is 1. The third-order valence-electron chi connectivity index (χ3n) is 5.08. The second-order valence-corrected chi connectivity index (χ2v) is 7.23. The molecule has 0 radical (unpaired) electrons. The van der Waals surface area contributed by atoms with Crippen LogP contribution in [0.2, 0.25) is 0 Å². The Bertz CT molecular complexity index is 238. The summed E-state index contributed by atoms with van der Waals surface area (Å²) in [5.41, 5.74) is 0. The Morgan fingerprint density at radius 3 is 2.26 bits per heavy atom. The van der Waals surface area contributed by atoms with Crippen LogP contribution < -0.4 is 5.32 Å². The number of nitrogens with zero attached hydrogens (tertiary/aromatic N) is 1. The van der Waals surface area contributed by atoms with E-state index in [2.05, 4.69) is 31.0 Å². The maximum Gasteiger partial charge on any atom is 0.0223 e. The van der Waals surface area contributed by atoms with E-state index in [1.54, 1.807) is 0 Å². The predicted octanol–water partition coefficient (Wildman–Crippen LogP) is 3.52. The monoisotopic (exact) mass is 266 g/mol. The van der Waals surface area contributed by atoms with Crippen molar-refractivity contribution >= 4 is 0 Å². The van der Waals surface area contributed by atoms with E-state index in [0.29, 0.717) is 0 Å². The number of hydrogen-bond acceptors (Lipinski definition) is 2. The van der Waals surface area contributed by atoms with Gasteiger partial charge in [0.05, 0.1) is 0 Å². The largest absolute Gasteiger partial charge is 0.313 e. The second-order valence-electron chi connectivity index (χ2n) is 7.23. The zero-order valence-electron chi connectivity index (χ0n) is 13.3. The van der Waals surface area contributed by atoms with Crippen molar-refractivity contribution in [1.82, 2.24) is 10.2 Å². The summed E-state index contributed by atoms with van der Waals surface area (Å²) < 4.78 is 0. The van der Waals surface area contributed by atoms with Crippen LogP contribution in [0, 0.1) is 17.8 Å². The lowest BCUT2D eigenvalue weighted by molar-refractivity contribution is 0.110. The first-order valence-electron chi connectivity index (χ1n) is 8.64. The smallest absolute Gasteiger partial charge is 0.0223 e. The van der Waals surface area contributed by atoms with Crippen molar-refractivity contribution in [1.29, 1.82) is 0 Å². The lowest BCUT2D eigenvalue weighted by atomic mass is 9.83. The molecule has 19 heavy (non-hydrogen) atoms. The molecule has 0 bridgehead atoms. The van der Waals surface area contributed by atoms with E-state index in [1.807, 2.05) is 0 Å². The third kappa shape index (κ3) is 4.75. The highest BCUT2D eigenvalue weighted by atomic mass is 15.2. The minimum absolute atomic E-state index is 0.739. The van der Waals surface area contributed by atoms with Crippen LogP contribution >= 0.6 is 0 Å². The lowest BCUT2D eigenvalue weighted by Gasteiger charge is -2.40. The molecule has 3 atom stereocenters. The van der Waals surface area contributed by atoms with Gasteiger partial charge in [-0.1, -0.05) is 40.0 Å². The first-order valence-corrected chi connectivity index (χ1v) is 8.64. The third-order valence-corrected chi connectivity index (χ3v) is 5.08. The molecule has 1 saturated heterocycles. The van der Waals surface area contributed by atoms with Gasteiger partial charge in [-0.25, -0.2) is 0 Å². The molecular weight excluding hydrogens is 232 g/mol. The molecule has 112 valence electrons. The molecule has 2 heteroatoms. The topological polar surface area (TPSA) is 15.3 Å². The molecule has 2 nitrogen and oxygen atoms in total. The van der Waals surface area contributed by atoms with Crippen LogP contribution in [0.15, 0.2) is 0 Å². The van der Waals surface area contributed by atoms with Crippen molar-refractivity contribution in [2.24, 2.45) is 17.8 Å². The fraction of sp³-hybridized carbons (Fsp3) is 1.00. The highest BCUT2D eigenvalue weighted by molar-refractivity contribution is 4.84. The van der Waals surface area contributed by atoms with Crippen molar-refractivity contribution in [2.45, 2.75) is 65.3 Å². The molecule has 1 aliphatic heterocycles. The van der Waals surface area contributed by atoms with Crippen molar-refractivity contribution < 1.29 is 0 Å². The fourth-order valence-electron chi connectivity index (χ4n) is 4.40. The Hall–Kier alpha value is -0.0800. The summed E-state index contributed by atoms with van der Waals surface area (Å²) in [7, 11) is 0. The van der Waals surface area contributed by atoms with Crippen molar-refractivity contribution in [3.63, 3.8) is 0 Å². The minimum Gasteiger partial charge on any atom is -0.313 e. The van der Waals surface area contributed by atoms with Gasteiger partial charge in [-0.2, -0.15) is 0 Å². The normalized spacial score (nSPS) is 32.4. The second kappa shape index (κ2) is 7.64. The van der Waals surface area contributed by atoms with Gasteiger partial charge in [-0.15, -0.1) is 0 Å². The van der Waals surface area contributed by atoms with Crippen molar-refractivity contribution in [3.05, 3.63) is 0 Å². The number of nitrogens with one attached hydrogen (secondary N) is 1. The average molecular weight is 266 g/mol. The Morgan fingerprint density at radius 1 is 1.05 bits per heavy atom. The fourth-order valence-corrected chi connectivity index (χ4v) is 4.40. The molecule has 1 saturated carbocycles. The van der Waals surface area contributed by atoms with Crippen LogP contribution in [0.25, 0.3) is 0 Å². The quantitative estimate of drug-likeness (QED) is 0.819. The summed E-state index contributed by atoms with van der Waals surface area (Å²) in [4.78, 5) is 2.74. The Morgan fingerprint density at radius 2 is 1.68 bits per heavy atom. The molecule has 1 N–H and O–H groups in total. The van der Waals surface area contributed by atoms with Crippen LogP contribution in [0.3, 0.4) is 0 Å². The van der Waals surface area contributed by atoms with Gasteiger partial charge in [0.15, 0.2) is 0 Å². The molecule has 0 amide bonds. The zero-order valence-corrected chi connectivity index (χ0v) is 13.3. The van der Waals surface area contributed by atoms with Gasteiger partial charge in [0, 0.05) is 25.7 Å². The van der Waals surface area contributed by atoms with E-state index >= 15 is 0 Å². The first-order chi connectivity index (χ1) is 9.19. The molecular formula is C17H34N2. The molecule has 1 heterocycles. The van der Waals surface area contributed by atoms with Crippen molar-refractivity contribution in [2.75, 3.05) is 26.2 Å². The number of rotatable bonds is 5. The molecule has 0 spiro atoms. The summed E-state index contributed by atoms with van der Waals surface area (Å²) in [6, 6.07) is 0.739. The lowest BCUT2D eigenvalue weighted by Crippen LogP contribution is -2.49. The first kappa shape index (κ1) is 15.3. The zero-order chi connectivity index (χ0) is 13.7. The highest BCUT2D eigenvalue weighted by Crippen LogP contribution is 2.28. The van der Waals surface area contributed by atoms with Crippen LogP contribution in [-0.2, 0) is 0 Å². The average Bonchev–Trinajstić information content (AvgIpc) is 2.38. The summed E-state index contributed by atoms with van der Waals surface area (Å²) in [6.07, 6.45) is 8.71. The van der Waals surface area contributed by atoms with E-state index in [4.69, 9.17) is 0 Å². The van der Waals surface area contributed by atoms with Crippen LogP contribution in [0.1, 0.15) is 59.3 Å². The maximum absolute atomic E-state index is 3.79. The number of hydrogen-bond donors (Lipinski definition) is 1. The van der Waals surface area contributed by atoms with Gasteiger partial charge in [0.2, 0.25) is 0 Å². The molecule has 2 rings (SSSR count). The minimum atomic E-state index is 0.739. The van der Waals surface area contributed by atoms with Crippen LogP contribution in [0.5, 0.6) is 0 Å². The molecule has 0 aromatic heterocycles. The van der Waals surface area contributed by atoms with E-state index in [-0.39, 0.29) is 0 Å². The standard InChI is InChI=1S/C17H34N2/c1-4-18-17(16-8-6-5-7-9-16)13-19-11-14(2)10-15(3)12-19/h14-18H,4-13H2,1-3H3. The van der Waals surface area contributed by atoms with Gasteiger partial charge in [-0.3, -0.25) is 0 Å². The molecule has 0 aromatic rings. The maximum atomic E-state index is 3.79. The molecule has 2 aliphatic rings. The number of likely N-dealkylation sites (tertiary alicyclic amines) is 1. The Kier molecular flexibility index (Phi) is 6.15. The van der Waals surface area contributed by atoms with Crippen molar-refractivity contribution in [3.8, 4) is 0 Å².